The molecule has 0 spiro atoms. The van der Waals surface area contributed by atoms with Crippen LogP contribution in [0.25, 0.3) is 0 Å². The van der Waals surface area contributed by atoms with E-state index in [2.05, 4.69) is 15.3 Å². The van der Waals surface area contributed by atoms with Gasteiger partial charge in [-0.05, 0) is 30.7 Å². The van der Waals surface area contributed by atoms with Crippen LogP contribution in [0.5, 0.6) is 5.75 Å². The topological polar surface area (TPSA) is 62.8 Å². The molecule has 5 nitrogen and oxygen atoms in total. The number of benzene rings is 1. The van der Waals surface area contributed by atoms with Crippen LogP contribution < -0.4 is 0 Å². The molecule has 1 aromatic carbocycles. The summed E-state index contributed by atoms with van der Waals surface area (Å²) in [6.07, 6.45) is 1.66. The molecule has 0 unspecified atom stereocenters. The summed E-state index contributed by atoms with van der Waals surface area (Å²) in [6, 6.07) is 6.86. The third-order valence-corrected chi connectivity index (χ3v) is 2.24. The standard InChI is InChI=1S/C11H12N4O/c1-8-7-9(3-4-10(8)16)13-14-11-5-6-12-15(11)2/h3-7,16H,1-2H3/b14-13+. The lowest BCUT2D eigenvalue weighted by Crippen LogP contribution is -1.86. The zero-order chi connectivity index (χ0) is 11.5. The van der Waals surface area contributed by atoms with Crippen molar-refractivity contribution < 1.29 is 5.11 Å². The predicted octanol–water partition coefficient (Wildman–Crippen LogP) is 2.85. The van der Waals surface area contributed by atoms with Crippen LogP contribution in [0.15, 0.2) is 40.7 Å². The molecule has 2 aromatic rings. The van der Waals surface area contributed by atoms with E-state index in [4.69, 9.17) is 0 Å². The summed E-state index contributed by atoms with van der Waals surface area (Å²) >= 11 is 0. The van der Waals surface area contributed by atoms with Gasteiger partial charge in [0.2, 0.25) is 0 Å². The van der Waals surface area contributed by atoms with Gasteiger partial charge in [0.15, 0.2) is 5.82 Å². The van der Waals surface area contributed by atoms with Crippen molar-refractivity contribution in [1.82, 2.24) is 9.78 Å². The third-order valence-electron chi connectivity index (χ3n) is 2.24. The molecule has 0 bridgehead atoms. The van der Waals surface area contributed by atoms with Crippen LogP contribution in [0.2, 0.25) is 0 Å². The number of phenolic OH excluding ortho intramolecular Hbond substituents is 1. The average molecular weight is 216 g/mol. The maximum atomic E-state index is 9.35. The molecule has 1 heterocycles. The minimum atomic E-state index is 0.263. The molecule has 0 saturated carbocycles. The number of aromatic nitrogens is 2. The second kappa shape index (κ2) is 4.14. The fourth-order valence-corrected chi connectivity index (χ4v) is 1.28. The Labute approximate surface area is 93.1 Å². The van der Waals surface area contributed by atoms with Gasteiger partial charge >= 0.3 is 0 Å². The molecule has 1 N–H and O–H groups in total. The maximum Gasteiger partial charge on any atom is 0.172 e. The lowest BCUT2D eigenvalue weighted by atomic mass is 10.2. The van der Waals surface area contributed by atoms with Crippen molar-refractivity contribution in [2.24, 2.45) is 17.3 Å². The van der Waals surface area contributed by atoms with E-state index >= 15 is 0 Å². The monoisotopic (exact) mass is 216 g/mol. The second-order valence-corrected chi connectivity index (χ2v) is 3.48. The number of hydrogen-bond acceptors (Lipinski definition) is 4. The number of azo groups is 1. The summed E-state index contributed by atoms with van der Waals surface area (Å²) in [4.78, 5) is 0. The lowest BCUT2D eigenvalue weighted by Gasteiger charge is -1.98. The molecule has 5 heteroatoms. The highest BCUT2D eigenvalue weighted by atomic mass is 16.3. The van der Waals surface area contributed by atoms with Crippen LogP contribution in [0, 0.1) is 6.92 Å². The number of rotatable bonds is 2. The van der Waals surface area contributed by atoms with E-state index in [1.165, 1.54) is 0 Å². The van der Waals surface area contributed by atoms with Crippen LogP contribution in [0.3, 0.4) is 0 Å². The van der Waals surface area contributed by atoms with Gasteiger partial charge in [-0.3, -0.25) is 0 Å². The number of aryl methyl sites for hydroxylation is 2. The molecule has 0 amide bonds. The van der Waals surface area contributed by atoms with Crippen LogP contribution in [-0.2, 0) is 7.05 Å². The summed E-state index contributed by atoms with van der Waals surface area (Å²) in [5, 5.41) is 21.5. The molecule has 1 aromatic heterocycles. The summed E-state index contributed by atoms with van der Waals surface area (Å²) in [7, 11) is 1.80. The van der Waals surface area contributed by atoms with Gasteiger partial charge in [-0.15, -0.1) is 10.2 Å². The fraction of sp³-hybridized carbons (Fsp3) is 0.182. The predicted molar refractivity (Wildman–Crippen MR) is 60.2 cm³/mol. The Balaban J connectivity index is 2.24. The van der Waals surface area contributed by atoms with E-state index in [1.54, 1.807) is 42.2 Å². The van der Waals surface area contributed by atoms with Gasteiger partial charge in [0.05, 0.1) is 11.9 Å². The first-order valence-electron chi connectivity index (χ1n) is 4.86. The summed E-state index contributed by atoms with van der Waals surface area (Å²) in [5.74, 6) is 0.949. The molecule has 0 radical (unpaired) electrons. The second-order valence-electron chi connectivity index (χ2n) is 3.48. The Morgan fingerprint density at radius 1 is 1.25 bits per heavy atom. The number of aromatic hydroxyl groups is 1. The van der Waals surface area contributed by atoms with Gasteiger partial charge < -0.3 is 5.11 Å². The fourth-order valence-electron chi connectivity index (χ4n) is 1.28. The van der Waals surface area contributed by atoms with Crippen LogP contribution in [0.4, 0.5) is 11.5 Å². The third kappa shape index (κ3) is 2.08. The van der Waals surface area contributed by atoms with Crippen molar-refractivity contribution in [2.45, 2.75) is 6.92 Å². The highest BCUT2D eigenvalue weighted by Crippen LogP contribution is 2.23. The average Bonchev–Trinajstić information content (AvgIpc) is 2.66. The molecular formula is C11H12N4O. The number of nitrogens with zero attached hydrogens (tertiary/aromatic N) is 4. The molecule has 0 aliphatic carbocycles. The Bertz CT molecular complexity index is 531. The summed E-state index contributed by atoms with van der Waals surface area (Å²) in [5.41, 5.74) is 1.48. The van der Waals surface area contributed by atoms with Gasteiger partial charge in [0.1, 0.15) is 5.75 Å². The van der Waals surface area contributed by atoms with Crippen molar-refractivity contribution >= 4 is 11.5 Å². The Morgan fingerprint density at radius 2 is 2.06 bits per heavy atom. The Hall–Kier alpha value is -2.17. The molecule has 0 saturated heterocycles. The highest BCUT2D eigenvalue weighted by molar-refractivity contribution is 5.46. The Kier molecular flexibility index (Phi) is 2.68. The highest BCUT2D eigenvalue weighted by Gasteiger charge is 1.98. The van der Waals surface area contributed by atoms with E-state index in [0.717, 1.165) is 5.56 Å². The van der Waals surface area contributed by atoms with Crippen molar-refractivity contribution in [2.75, 3.05) is 0 Å². The molecule has 82 valence electrons. The maximum absolute atomic E-state index is 9.35. The smallest absolute Gasteiger partial charge is 0.172 e. The molecule has 0 aliphatic heterocycles. The summed E-state index contributed by atoms with van der Waals surface area (Å²) in [6.45, 7) is 1.82. The first kappa shape index (κ1) is 10.4. The van der Waals surface area contributed by atoms with Crippen molar-refractivity contribution in [3.05, 3.63) is 36.0 Å². The van der Waals surface area contributed by atoms with Crippen LogP contribution >= 0.6 is 0 Å². The quantitative estimate of drug-likeness (QED) is 0.784. The summed E-state index contributed by atoms with van der Waals surface area (Å²) < 4.78 is 1.64. The first-order valence-corrected chi connectivity index (χ1v) is 4.86. The normalized spacial score (nSPS) is 11.1. The SMILES string of the molecule is Cc1cc(/N=N/c2ccnn2C)ccc1O. The minimum Gasteiger partial charge on any atom is -0.508 e. The van der Waals surface area contributed by atoms with E-state index in [9.17, 15) is 5.11 Å². The first-order chi connectivity index (χ1) is 7.66. The van der Waals surface area contributed by atoms with Gasteiger partial charge in [0.25, 0.3) is 0 Å². The zero-order valence-corrected chi connectivity index (χ0v) is 9.12. The molecule has 0 fully saturated rings. The lowest BCUT2D eigenvalue weighted by molar-refractivity contribution is 0.471. The van der Waals surface area contributed by atoms with E-state index < -0.39 is 0 Å². The molecule has 2 rings (SSSR count). The van der Waals surface area contributed by atoms with E-state index in [-0.39, 0.29) is 5.75 Å². The van der Waals surface area contributed by atoms with E-state index in [1.807, 2.05) is 6.92 Å². The molecule has 0 aliphatic rings. The van der Waals surface area contributed by atoms with Gasteiger partial charge in [-0.25, -0.2) is 4.68 Å². The van der Waals surface area contributed by atoms with E-state index in [0.29, 0.717) is 11.5 Å². The van der Waals surface area contributed by atoms with Gasteiger partial charge in [-0.2, -0.15) is 5.10 Å². The van der Waals surface area contributed by atoms with Gasteiger partial charge in [0, 0.05) is 13.1 Å². The zero-order valence-electron chi connectivity index (χ0n) is 9.12. The number of hydrogen-bond donors (Lipinski definition) is 1. The molecular weight excluding hydrogens is 204 g/mol. The van der Waals surface area contributed by atoms with Crippen molar-refractivity contribution in [3.8, 4) is 5.75 Å². The van der Waals surface area contributed by atoms with Gasteiger partial charge in [-0.1, -0.05) is 0 Å². The van der Waals surface area contributed by atoms with Crippen molar-refractivity contribution in [1.29, 1.82) is 0 Å². The van der Waals surface area contributed by atoms with Crippen LogP contribution in [0.1, 0.15) is 5.56 Å². The van der Waals surface area contributed by atoms with Crippen LogP contribution in [-0.4, -0.2) is 14.9 Å². The Morgan fingerprint density at radius 3 is 2.69 bits per heavy atom. The van der Waals surface area contributed by atoms with Crippen molar-refractivity contribution in [3.63, 3.8) is 0 Å². The minimum absolute atomic E-state index is 0.263. The number of phenols is 1. The largest absolute Gasteiger partial charge is 0.508 e. The molecule has 0 atom stereocenters. The molecule has 16 heavy (non-hydrogen) atoms.